The molecule has 0 saturated carbocycles. The number of rotatable bonds is 16. The number of amides is 2. The molecule has 0 bridgehead atoms. The number of carbonyl (C=O) groups is 2. The fourth-order valence-electron chi connectivity index (χ4n) is 4.11. The molecule has 0 fully saturated rings. The first-order valence-electron chi connectivity index (χ1n) is 12.9. The minimum atomic E-state index is -0.887. The zero-order valence-electron chi connectivity index (χ0n) is 20.8. The van der Waals surface area contributed by atoms with Gasteiger partial charge >= 0.3 is 0 Å². The van der Waals surface area contributed by atoms with E-state index in [9.17, 15) is 9.59 Å². The standard InChI is InChI=1S/C27H37ClN4O4/c28-24-14-12-21(18-31-24)26(33)32-25(20-11-13-22-23(17-20)36-19-35-22)27(34)30-16-10-8-6-4-2-1-3-5-7-9-15-29/h11-14,17-18,25H,1-10,15-16,19,29H2,(H,30,34)(H,32,33). The van der Waals surface area contributed by atoms with Crippen LogP contribution in [0.4, 0.5) is 0 Å². The smallest absolute Gasteiger partial charge is 0.253 e. The highest BCUT2D eigenvalue weighted by Crippen LogP contribution is 2.34. The predicted octanol–water partition coefficient (Wildman–Crippen LogP) is 4.91. The lowest BCUT2D eigenvalue weighted by molar-refractivity contribution is -0.123. The van der Waals surface area contributed by atoms with Crippen molar-refractivity contribution in [2.75, 3.05) is 19.9 Å². The molecule has 1 aliphatic heterocycles. The summed E-state index contributed by atoms with van der Waals surface area (Å²) in [6.07, 6.45) is 13.2. The van der Waals surface area contributed by atoms with E-state index in [0.717, 1.165) is 32.2 Å². The van der Waals surface area contributed by atoms with Gasteiger partial charge in [-0.1, -0.05) is 69.0 Å². The van der Waals surface area contributed by atoms with Crippen LogP contribution in [0.3, 0.4) is 0 Å². The number of hydrogen-bond donors (Lipinski definition) is 3. The van der Waals surface area contributed by atoms with Gasteiger partial charge in [0.15, 0.2) is 11.5 Å². The number of halogens is 1. The van der Waals surface area contributed by atoms with Crippen molar-refractivity contribution in [2.45, 2.75) is 70.3 Å². The zero-order valence-corrected chi connectivity index (χ0v) is 21.5. The highest BCUT2D eigenvalue weighted by atomic mass is 35.5. The topological polar surface area (TPSA) is 116 Å². The van der Waals surface area contributed by atoms with Crippen LogP contribution < -0.4 is 25.8 Å². The van der Waals surface area contributed by atoms with Crippen LogP contribution in [-0.4, -0.2) is 36.7 Å². The summed E-state index contributed by atoms with van der Waals surface area (Å²) < 4.78 is 10.8. The van der Waals surface area contributed by atoms with Crippen molar-refractivity contribution in [3.63, 3.8) is 0 Å². The van der Waals surface area contributed by atoms with E-state index in [-0.39, 0.29) is 12.7 Å². The van der Waals surface area contributed by atoms with E-state index in [1.54, 1.807) is 24.3 Å². The van der Waals surface area contributed by atoms with Gasteiger partial charge in [-0.3, -0.25) is 9.59 Å². The molecule has 1 unspecified atom stereocenters. The van der Waals surface area contributed by atoms with Crippen LogP contribution in [0.15, 0.2) is 36.5 Å². The Bertz CT molecular complexity index is 971. The van der Waals surface area contributed by atoms with Crippen molar-refractivity contribution >= 4 is 23.4 Å². The van der Waals surface area contributed by atoms with Gasteiger partial charge in [-0.2, -0.15) is 0 Å². The Kier molecular flexibility index (Phi) is 11.8. The van der Waals surface area contributed by atoms with Crippen LogP contribution in [0.5, 0.6) is 11.5 Å². The Hall–Kier alpha value is -2.84. The van der Waals surface area contributed by atoms with Gasteiger partial charge in [-0.15, -0.1) is 0 Å². The number of unbranched alkanes of at least 4 members (excludes halogenated alkanes) is 9. The quantitative estimate of drug-likeness (QED) is 0.215. The predicted molar refractivity (Wildman–Crippen MR) is 140 cm³/mol. The highest BCUT2D eigenvalue weighted by Gasteiger charge is 2.26. The van der Waals surface area contributed by atoms with Gasteiger partial charge in [0.2, 0.25) is 12.7 Å². The molecule has 1 aliphatic rings. The van der Waals surface area contributed by atoms with E-state index in [1.165, 1.54) is 50.8 Å². The first-order valence-corrected chi connectivity index (χ1v) is 13.3. The second-order valence-corrected chi connectivity index (χ2v) is 9.39. The second-order valence-electron chi connectivity index (χ2n) is 9.00. The molecule has 1 aromatic heterocycles. The van der Waals surface area contributed by atoms with Crippen LogP contribution in [-0.2, 0) is 4.79 Å². The van der Waals surface area contributed by atoms with Gasteiger partial charge in [0.1, 0.15) is 11.2 Å². The lowest BCUT2D eigenvalue weighted by atomic mass is 10.0. The molecule has 3 rings (SSSR count). The van der Waals surface area contributed by atoms with Gasteiger partial charge < -0.3 is 25.8 Å². The molecule has 1 aromatic carbocycles. The molecular formula is C27H37ClN4O4. The van der Waals surface area contributed by atoms with E-state index in [2.05, 4.69) is 15.6 Å². The Labute approximate surface area is 218 Å². The van der Waals surface area contributed by atoms with Crippen LogP contribution >= 0.6 is 11.6 Å². The Morgan fingerprint density at radius 3 is 2.25 bits per heavy atom. The third-order valence-electron chi connectivity index (χ3n) is 6.19. The third kappa shape index (κ3) is 8.99. The molecule has 2 amide bonds. The van der Waals surface area contributed by atoms with Crippen LogP contribution in [0, 0.1) is 0 Å². The molecule has 0 spiro atoms. The average molecular weight is 517 g/mol. The molecule has 0 saturated heterocycles. The maximum atomic E-state index is 13.1. The molecule has 1 atom stereocenters. The number of benzene rings is 1. The molecule has 2 aromatic rings. The molecule has 36 heavy (non-hydrogen) atoms. The van der Waals surface area contributed by atoms with E-state index < -0.39 is 11.9 Å². The molecule has 196 valence electrons. The van der Waals surface area contributed by atoms with Crippen molar-refractivity contribution in [1.29, 1.82) is 0 Å². The van der Waals surface area contributed by atoms with Gasteiger partial charge in [0, 0.05) is 12.7 Å². The largest absolute Gasteiger partial charge is 0.454 e. The monoisotopic (exact) mass is 516 g/mol. The first kappa shape index (κ1) is 27.7. The summed E-state index contributed by atoms with van der Waals surface area (Å²) in [6.45, 7) is 1.48. The van der Waals surface area contributed by atoms with Crippen molar-refractivity contribution in [1.82, 2.24) is 15.6 Å². The zero-order chi connectivity index (χ0) is 25.6. The maximum Gasteiger partial charge on any atom is 0.253 e. The number of hydrogen-bond acceptors (Lipinski definition) is 6. The molecular weight excluding hydrogens is 480 g/mol. The van der Waals surface area contributed by atoms with Crippen molar-refractivity contribution < 1.29 is 19.1 Å². The van der Waals surface area contributed by atoms with Gasteiger partial charge in [-0.05, 0) is 49.2 Å². The Morgan fingerprint density at radius 2 is 1.58 bits per heavy atom. The third-order valence-corrected chi connectivity index (χ3v) is 6.41. The number of nitrogens with one attached hydrogen (secondary N) is 2. The lowest BCUT2D eigenvalue weighted by Gasteiger charge is -2.19. The summed E-state index contributed by atoms with van der Waals surface area (Å²) in [6, 6.07) is 7.44. The van der Waals surface area contributed by atoms with Crippen LogP contribution in [0.1, 0.15) is 86.2 Å². The van der Waals surface area contributed by atoms with Gasteiger partial charge in [0.05, 0.1) is 5.56 Å². The normalized spacial score (nSPS) is 12.8. The number of fused-ring (bicyclic) bond motifs is 1. The summed E-state index contributed by atoms with van der Waals surface area (Å²) in [7, 11) is 0. The summed E-state index contributed by atoms with van der Waals surface area (Å²) >= 11 is 5.83. The van der Waals surface area contributed by atoms with E-state index >= 15 is 0 Å². The van der Waals surface area contributed by atoms with E-state index in [0.29, 0.717) is 34.3 Å². The van der Waals surface area contributed by atoms with Crippen molar-refractivity contribution in [2.24, 2.45) is 5.73 Å². The highest BCUT2D eigenvalue weighted by molar-refractivity contribution is 6.29. The average Bonchev–Trinajstić information content (AvgIpc) is 3.36. The molecule has 0 radical (unpaired) electrons. The lowest BCUT2D eigenvalue weighted by Crippen LogP contribution is -2.40. The fraction of sp³-hybridized carbons (Fsp3) is 0.519. The van der Waals surface area contributed by atoms with E-state index in [4.69, 9.17) is 26.8 Å². The van der Waals surface area contributed by atoms with E-state index in [1.807, 2.05) is 0 Å². The van der Waals surface area contributed by atoms with Crippen LogP contribution in [0.2, 0.25) is 5.15 Å². The molecule has 9 heteroatoms. The molecule has 2 heterocycles. The first-order chi connectivity index (χ1) is 17.6. The summed E-state index contributed by atoms with van der Waals surface area (Å²) in [5.74, 6) is 0.468. The second kappa shape index (κ2) is 15.3. The molecule has 0 aliphatic carbocycles. The van der Waals surface area contributed by atoms with Gasteiger partial charge in [-0.25, -0.2) is 4.98 Å². The van der Waals surface area contributed by atoms with Crippen LogP contribution in [0.25, 0.3) is 0 Å². The maximum absolute atomic E-state index is 13.1. The molecule has 8 nitrogen and oxygen atoms in total. The number of nitrogens with zero attached hydrogens (tertiary/aromatic N) is 1. The SMILES string of the molecule is NCCCCCCCCCCCCNC(=O)C(NC(=O)c1ccc(Cl)nc1)c1ccc2c(c1)OCO2. The summed E-state index contributed by atoms with van der Waals surface area (Å²) in [4.78, 5) is 29.9. The van der Waals surface area contributed by atoms with Crippen molar-refractivity contribution in [3.8, 4) is 11.5 Å². The number of carbonyl (C=O) groups excluding carboxylic acids is 2. The number of aromatic nitrogens is 1. The number of nitrogens with two attached hydrogens (primary N) is 1. The fourth-order valence-corrected chi connectivity index (χ4v) is 4.23. The number of pyridine rings is 1. The number of ether oxygens (including phenoxy) is 2. The van der Waals surface area contributed by atoms with Gasteiger partial charge in [0.25, 0.3) is 5.91 Å². The minimum absolute atomic E-state index is 0.132. The summed E-state index contributed by atoms with van der Waals surface area (Å²) in [5.41, 5.74) is 6.45. The summed E-state index contributed by atoms with van der Waals surface area (Å²) in [5, 5.41) is 6.08. The minimum Gasteiger partial charge on any atom is -0.454 e. The molecule has 4 N–H and O–H groups in total. The van der Waals surface area contributed by atoms with Crippen molar-refractivity contribution in [3.05, 3.63) is 52.8 Å². The Morgan fingerprint density at radius 1 is 0.917 bits per heavy atom. The Balaban J connectivity index is 1.46.